The number of hydrogen-bond acceptors (Lipinski definition) is 6. The van der Waals surface area contributed by atoms with E-state index in [-0.39, 0.29) is 6.61 Å². The normalized spacial score (nSPS) is 33.1. The molecule has 4 N–H and O–H groups in total. The van der Waals surface area contributed by atoms with Gasteiger partial charge in [0.1, 0.15) is 29.9 Å². The summed E-state index contributed by atoms with van der Waals surface area (Å²) in [6.45, 7) is -0.390. The van der Waals surface area contributed by atoms with Crippen LogP contribution in [0, 0.1) is 3.57 Å². The molecule has 0 bridgehead atoms. The summed E-state index contributed by atoms with van der Waals surface area (Å²) in [6, 6.07) is 8.17. The Morgan fingerprint density at radius 2 is 1.71 bits per heavy atom. The average molecular weight is 424 g/mol. The first-order valence-electron chi connectivity index (χ1n) is 6.69. The Balaban J connectivity index is 1.85. The molecule has 0 aliphatic carbocycles. The molecular formula is C14H19IO5S. The van der Waals surface area contributed by atoms with Crippen LogP contribution in [-0.4, -0.2) is 62.6 Å². The van der Waals surface area contributed by atoms with Crippen molar-refractivity contribution in [1.29, 1.82) is 0 Å². The van der Waals surface area contributed by atoms with Crippen molar-refractivity contribution in [2.24, 2.45) is 0 Å². The van der Waals surface area contributed by atoms with Gasteiger partial charge >= 0.3 is 0 Å². The molecule has 0 radical (unpaired) electrons. The van der Waals surface area contributed by atoms with Gasteiger partial charge in [-0.3, -0.25) is 0 Å². The SMILES string of the molecule is OC[C@H]1O[C@@H](SCCc2ccc([125I])cc2)[C@H](O)[C@@H](O)[C@H]1O. The second-order valence-electron chi connectivity index (χ2n) is 4.94. The highest BCUT2D eigenvalue weighted by atomic mass is 125. The first-order valence-corrected chi connectivity index (χ1v) is 8.82. The average Bonchev–Trinajstić information content (AvgIpc) is 2.49. The van der Waals surface area contributed by atoms with E-state index in [9.17, 15) is 15.3 Å². The molecule has 0 spiro atoms. The number of aliphatic hydroxyl groups excluding tert-OH is 4. The largest absolute Gasteiger partial charge is 0.394 e. The fourth-order valence-electron chi connectivity index (χ4n) is 2.15. The summed E-state index contributed by atoms with van der Waals surface area (Å²) in [5.41, 5.74) is 0.539. The lowest BCUT2D eigenvalue weighted by Gasteiger charge is -2.39. The molecular weight excluding hydrogens is 405 g/mol. The van der Waals surface area contributed by atoms with Crippen molar-refractivity contribution < 1.29 is 25.2 Å². The lowest BCUT2D eigenvalue weighted by Crippen LogP contribution is -2.57. The molecule has 21 heavy (non-hydrogen) atoms. The summed E-state index contributed by atoms with van der Waals surface area (Å²) in [4.78, 5) is 0. The molecule has 1 fully saturated rings. The third-order valence-electron chi connectivity index (χ3n) is 3.43. The number of thioether (sulfide) groups is 1. The van der Waals surface area contributed by atoms with E-state index in [0.717, 1.165) is 6.42 Å². The maximum Gasteiger partial charge on any atom is 0.132 e. The van der Waals surface area contributed by atoms with E-state index in [0.29, 0.717) is 5.75 Å². The standard InChI is InChI=1S/C14H19IO5S/c15-9-3-1-8(2-4-9)5-6-21-14-13(19)12(18)11(17)10(7-16)20-14/h1-4,10-14,16-19H,5-7H2/t10-,11+,12+,13-,14+/m1/s1/i15-2. The maximum atomic E-state index is 9.92. The Hall–Kier alpha value is 0.1000. The van der Waals surface area contributed by atoms with E-state index in [4.69, 9.17) is 9.84 Å². The van der Waals surface area contributed by atoms with Crippen LogP contribution < -0.4 is 0 Å². The molecule has 1 aliphatic rings. The second kappa shape index (κ2) is 8.09. The zero-order valence-electron chi connectivity index (χ0n) is 11.3. The highest BCUT2D eigenvalue weighted by Gasteiger charge is 2.43. The molecule has 0 amide bonds. The van der Waals surface area contributed by atoms with Gasteiger partial charge in [0.05, 0.1) is 6.61 Å². The molecule has 1 heterocycles. The van der Waals surface area contributed by atoms with Crippen LogP contribution >= 0.6 is 34.4 Å². The van der Waals surface area contributed by atoms with Gasteiger partial charge in [0.25, 0.3) is 0 Å². The first-order chi connectivity index (χ1) is 10.0. The van der Waals surface area contributed by atoms with Crippen molar-refractivity contribution in [1.82, 2.24) is 0 Å². The highest BCUT2D eigenvalue weighted by Crippen LogP contribution is 2.28. The molecule has 7 heteroatoms. The van der Waals surface area contributed by atoms with Crippen LogP contribution in [0.2, 0.25) is 0 Å². The van der Waals surface area contributed by atoms with E-state index < -0.39 is 29.9 Å². The molecule has 0 aromatic heterocycles. The summed E-state index contributed by atoms with van der Waals surface area (Å²) in [7, 11) is 0. The fraction of sp³-hybridized carbons (Fsp3) is 0.571. The maximum absolute atomic E-state index is 9.92. The minimum Gasteiger partial charge on any atom is -0.394 e. The Morgan fingerprint density at radius 3 is 2.33 bits per heavy atom. The van der Waals surface area contributed by atoms with E-state index in [1.807, 2.05) is 12.1 Å². The van der Waals surface area contributed by atoms with Crippen molar-refractivity contribution in [3.05, 3.63) is 33.4 Å². The predicted octanol–water partition coefficient (Wildman–Crippen LogP) is 0.367. The number of rotatable bonds is 5. The lowest BCUT2D eigenvalue weighted by molar-refractivity contribution is -0.205. The third-order valence-corrected chi connectivity index (χ3v) is 5.31. The summed E-state index contributed by atoms with van der Waals surface area (Å²) in [6.07, 6.45) is -3.77. The van der Waals surface area contributed by atoms with Crippen molar-refractivity contribution in [2.45, 2.75) is 36.3 Å². The second-order valence-corrected chi connectivity index (χ2v) is 7.40. The summed E-state index contributed by atoms with van der Waals surface area (Å²) in [5, 5.41) is 38.5. The van der Waals surface area contributed by atoms with Crippen LogP contribution in [0.15, 0.2) is 24.3 Å². The van der Waals surface area contributed by atoms with Gasteiger partial charge in [-0.1, -0.05) is 12.1 Å². The van der Waals surface area contributed by atoms with Crippen molar-refractivity contribution in [2.75, 3.05) is 12.4 Å². The Kier molecular flexibility index (Phi) is 6.73. The molecule has 1 aromatic carbocycles. The highest BCUT2D eigenvalue weighted by molar-refractivity contribution is 14.1. The zero-order chi connectivity index (χ0) is 15.4. The number of hydrogen-bond donors (Lipinski definition) is 4. The van der Waals surface area contributed by atoms with Gasteiger partial charge in [-0.05, 0) is 52.5 Å². The molecule has 2 rings (SSSR count). The van der Waals surface area contributed by atoms with Crippen LogP contribution in [0.5, 0.6) is 0 Å². The fourth-order valence-corrected chi connectivity index (χ4v) is 3.67. The Morgan fingerprint density at radius 1 is 1.05 bits per heavy atom. The van der Waals surface area contributed by atoms with Gasteiger partial charge in [-0.2, -0.15) is 0 Å². The third kappa shape index (κ3) is 4.54. The van der Waals surface area contributed by atoms with E-state index >= 15 is 0 Å². The van der Waals surface area contributed by atoms with Gasteiger partial charge in [0.15, 0.2) is 0 Å². The van der Waals surface area contributed by atoms with Crippen LogP contribution in [0.25, 0.3) is 0 Å². The van der Waals surface area contributed by atoms with Gasteiger partial charge in [0.2, 0.25) is 0 Å². The molecule has 1 saturated heterocycles. The zero-order valence-corrected chi connectivity index (χ0v) is 14.3. The van der Waals surface area contributed by atoms with Crippen molar-refractivity contribution in [3.8, 4) is 0 Å². The number of aryl methyl sites for hydroxylation is 1. The molecule has 0 unspecified atom stereocenters. The Bertz CT molecular complexity index is 441. The van der Waals surface area contributed by atoms with Crippen LogP contribution in [0.4, 0.5) is 0 Å². The van der Waals surface area contributed by atoms with E-state index in [1.165, 1.54) is 20.9 Å². The number of benzene rings is 1. The van der Waals surface area contributed by atoms with Crippen LogP contribution in [-0.2, 0) is 11.2 Å². The molecule has 118 valence electrons. The topological polar surface area (TPSA) is 90.2 Å². The van der Waals surface area contributed by atoms with E-state index in [2.05, 4.69) is 34.7 Å². The monoisotopic (exact) mass is 424 g/mol. The molecule has 5 atom stereocenters. The van der Waals surface area contributed by atoms with Gasteiger partial charge in [-0.25, -0.2) is 0 Å². The molecule has 5 nitrogen and oxygen atoms in total. The predicted molar refractivity (Wildman–Crippen MR) is 89.1 cm³/mol. The smallest absolute Gasteiger partial charge is 0.132 e. The van der Waals surface area contributed by atoms with Crippen molar-refractivity contribution >= 4 is 34.4 Å². The summed E-state index contributed by atoms with van der Waals surface area (Å²) in [5.74, 6) is 0.712. The van der Waals surface area contributed by atoms with Crippen LogP contribution in [0.1, 0.15) is 5.56 Å². The van der Waals surface area contributed by atoms with E-state index in [1.54, 1.807) is 0 Å². The van der Waals surface area contributed by atoms with Gasteiger partial charge in [-0.15, -0.1) is 11.8 Å². The quantitative estimate of drug-likeness (QED) is 0.511. The lowest BCUT2D eigenvalue weighted by atomic mass is 10.0. The minimum absolute atomic E-state index is 0.390. The van der Waals surface area contributed by atoms with Crippen LogP contribution in [0.3, 0.4) is 0 Å². The molecule has 0 saturated carbocycles. The number of ether oxygens (including phenoxy) is 1. The summed E-state index contributed by atoms with van der Waals surface area (Å²) < 4.78 is 6.62. The molecule has 1 aromatic rings. The first kappa shape index (κ1) is 17.5. The summed E-state index contributed by atoms with van der Waals surface area (Å²) >= 11 is 3.62. The van der Waals surface area contributed by atoms with Gasteiger partial charge < -0.3 is 25.2 Å². The Labute approximate surface area is 141 Å². The number of halogens is 1. The minimum atomic E-state index is -1.30. The van der Waals surface area contributed by atoms with Crippen molar-refractivity contribution in [3.63, 3.8) is 0 Å². The number of aliphatic hydroxyl groups is 4. The molecule has 1 aliphatic heterocycles. The van der Waals surface area contributed by atoms with Gasteiger partial charge in [0, 0.05) is 3.57 Å².